The van der Waals surface area contributed by atoms with E-state index >= 15 is 0 Å². The second-order valence-electron chi connectivity index (χ2n) is 4.77. The van der Waals surface area contributed by atoms with Crippen molar-refractivity contribution in [2.75, 3.05) is 13.6 Å². The Kier molecular flexibility index (Phi) is 5.08. The minimum atomic E-state index is -0.993. The molecule has 7 heteroatoms. The lowest BCUT2D eigenvalue weighted by Gasteiger charge is -2.13. The molecule has 0 atom stereocenters. The minimum absolute atomic E-state index is 0.0388. The van der Waals surface area contributed by atoms with E-state index in [9.17, 15) is 13.6 Å². The van der Waals surface area contributed by atoms with Crippen LogP contribution in [0.3, 0.4) is 0 Å². The second-order valence-corrected chi connectivity index (χ2v) is 4.77. The van der Waals surface area contributed by atoms with Crippen molar-refractivity contribution in [2.45, 2.75) is 20.0 Å². The summed E-state index contributed by atoms with van der Waals surface area (Å²) in [5.74, 6) is -1.71. The summed E-state index contributed by atoms with van der Waals surface area (Å²) >= 11 is 0. The molecule has 2 aromatic rings. The quantitative estimate of drug-likeness (QED) is 0.823. The maximum absolute atomic E-state index is 13.0. The summed E-state index contributed by atoms with van der Waals surface area (Å²) in [6.07, 6.45) is 0.839. The van der Waals surface area contributed by atoms with Crippen molar-refractivity contribution < 1.29 is 22.8 Å². The molecule has 1 heterocycles. The van der Waals surface area contributed by atoms with E-state index in [1.165, 1.54) is 17.0 Å². The first-order valence-corrected chi connectivity index (χ1v) is 6.80. The lowest BCUT2D eigenvalue weighted by Crippen LogP contribution is -2.27. The minimum Gasteiger partial charge on any atom is -0.485 e. The molecule has 118 valence electrons. The Hall–Kier alpha value is -2.44. The molecule has 0 aliphatic rings. The van der Waals surface area contributed by atoms with Crippen molar-refractivity contribution in [2.24, 2.45) is 0 Å². The number of hydrogen-bond acceptors (Lipinski definition) is 4. The predicted molar refractivity (Wildman–Crippen MR) is 74.4 cm³/mol. The molecular formula is C15H16F2N2O3. The Morgan fingerprint density at radius 2 is 2.09 bits per heavy atom. The smallest absolute Gasteiger partial charge is 0.275 e. The van der Waals surface area contributed by atoms with Crippen LogP contribution in [0, 0.1) is 11.6 Å². The SMILES string of the molecule is CCCN(C)C(=O)c1cc(COc2ccc(F)c(F)c2)on1. The number of halogens is 2. The molecule has 0 radical (unpaired) electrons. The van der Waals surface area contributed by atoms with Crippen LogP contribution in [-0.4, -0.2) is 29.6 Å². The van der Waals surface area contributed by atoms with E-state index in [4.69, 9.17) is 9.26 Å². The van der Waals surface area contributed by atoms with Crippen LogP contribution in [0.25, 0.3) is 0 Å². The Balaban J connectivity index is 1.97. The van der Waals surface area contributed by atoms with Gasteiger partial charge in [-0.25, -0.2) is 8.78 Å². The summed E-state index contributed by atoms with van der Waals surface area (Å²) in [5, 5.41) is 3.68. The predicted octanol–water partition coefficient (Wildman–Crippen LogP) is 3.01. The molecule has 0 spiro atoms. The van der Waals surface area contributed by atoms with Gasteiger partial charge in [-0.15, -0.1) is 0 Å². The largest absolute Gasteiger partial charge is 0.485 e. The molecule has 0 aliphatic carbocycles. The van der Waals surface area contributed by atoms with Gasteiger partial charge in [-0.2, -0.15) is 0 Å². The van der Waals surface area contributed by atoms with E-state index in [0.29, 0.717) is 12.3 Å². The summed E-state index contributed by atoms with van der Waals surface area (Å²) in [5.41, 5.74) is 0.180. The van der Waals surface area contributed by atoms with E-state index in [2.05, 4.69) is 5.16 Å². The zero-order valence-electron chi connectivity index (χ0n) is 12.3. The third kappa shape index (κ3) is 3.81. The fourth-order valence-electron chi connectivity index (χ4n) is 1.84. The molecule has 1 aromatic carbocycles. The standard InChI is InChI=1S/C15H16F2N2O3/c1-3-6-19(2)15(20)14-8-11(22-18-14)9-21-10-4-5-12(16)13(17)7-10/h4-5,7-8H,3,6,9H2,1-2H3. The average molecular weight is 310 g/mol. The first kappa shape index (κ1) is 15.9. The zero-order chi connectivity index (χ0) is 16.1. The maximum Gasteiger partial charge on any atom is 0.275 e. The van der Waals surface area contributed by atoms with Crippen molar-refractivity contribution in [1.82, 2.24) is 10.1 Å². The molecule has 0 saturated carbocycles. The first-order chi connectivity index (χ1) is 10.5. The number of ether oxygens (including phenoxy) is 1. The van der Waals surface area contributed by atoms with Gasteiger partial charge in [-0.3, -0.25) is 4.79 Å². The van der Waals surface area contributed by atoms with Crippen molar-refractivity contribution in [3.05, 3.63) is 47.4 Å². The van der Waals surface area contributed by atoms with Crippen LogP contribution in [0.5, 0.6) is 5.75 Å². The van der Waals surface area contributed by atoms with Crippen molar-refractivity contribution in [3.8, 4) is 5.75 Å². The summed E-state index contributed by atoms with van der Waals surface area (Å²) in [6, 6.07) is 4.68. The highest BCUT2D eigenvalue weighted by Crippen LogP contribution is 2.17. The molecule has 0 unspecified atom stereocenters. The monoisotopic (exact) mass is 310 g/mol. The van der Waals surface area contributed by atoms with Crippen LogP contribution in [-0.2, 0) is 6.61 Å². The lowest BCUT2D eigenvalue weighted by atomic mass is 10.3. The molecule has 1 aromatic heterocycles. The maximum atomic E-state index is 13.0. The Morgan fingerprint density at radius 1 is 1.32 bits per heavy atom. The van der Waals surface area contributed by atoms with E-state index in [1.54, 1.807) is 7.05 Å². The second kappa shape index (κ2) is 7.02. The summed E-state index contributed by atoms with van der Waals surface area (Å²) in [7, 11) is 1.68. The fraction of sp³-hybridized carbons (Fsp3) is 0.333. The number of nitrogens with zero attached hydrogens (tertiary/aromatic N) is 2. The highest BCUT2D eigenvalue weighted by atomic mass is 19.2. The van der Waals surface area contributed by atoms with Crippen molar-refractivity contribution in [1.29, 1.82) is 0 Å². The summed E-state index contributed by atoms with van der Waals surface area (Å²) in [4.78, 5) is 13.5. The van der Waals surface area contributed by atoms with E-state index in [1.807, 2.05) is 6.92 Å². The van der Waals surface area contributed by atoms with Crippen LogP contribution in [0.2, 0.25) is 0 Å². The van der Waals surface area contributed by atoms with Gasteiger partial charge >= 0.3 is 0 Å². The molecule has 0 fully saturated rings. The van der Waals surface area contributed by atoms with Gasteiger partial charge in [-0.1, -0.05) is 12.1 Å². The van der Waals surface area contributed by atoms with Gasteiger partial charge in [0.05, 0.1) is 0 Å². The number of aromatic nitrogens is 1. The molecule has 0 aliphatic heterocycles. The fourth-order valence-corrected chi connectivity index (χ4v) is 1.84. The van der Waals surface area contributed by atoms with E-state index in [-0.39, 0.29) is 24.0 Å². The van der Waals surface area contributed by atoms with Crippen molar-refractivity contribution in [3.63, 3.8) is 0 Å². The normalized spacial score (nSPS) is 10.5. The molecular weight excluding hydrogens is 294 g/mol. The summed E-state index contributed by atoms with van der Waals surface area (Å²) in [6.45, 7) is 2.54. The van der Waals surface area contributed by atoms with Gasteiger partial charge in [0.25, 0.3) is 5.91 Å². The van der Waals surface area contributed by atoms with Crippen LogP contribution < -0.4 is 4.74 Å². The highest BCUT2D eigenvalue weighted by Gasteiger charge is 2.16. The third-order valence-corrected chi connectivity index (χ3v) is 2.96. The average Bonchev–Trinajstić information content (AvgIpc) is 2.97. The molecule has 1 amide bonds. The number of benzene rings is 1. The van der Waals surface area contributed by atoms with E-state index < -0.39 is 11.6 Å². The highest BCUT2D eigenvalue weighted by molar-refractivity contribution is 5.92. The van der Waals surface area contributed by atoms with Gasteiger partial charge in [0.2, 0.25) is 0 Å². The number of carbonyl (C=O) groups is 1. The van der Waals surface area contributed by atoms with Gasteiger partial charge in [0.15, 0.2) is 23.1 Å². The molecule has 2 rings (SSSR count). The van der Waals surface area contributed by atoms with Gasteiger partial charge in [0.1, 0.15) is 12.4 Å². The van der Waals surface area contributed by atoms with Gasteiger partial charge in [0, 0.05) is 25.7 Å². The van der Waals surface area contributed by atoms with Crippen molar-refractivity contribution >= 4 is 5.91 Å². The molecule has 0 bridgehead atoms. The molecule has 5 nitrogen and oxygen atoms in total. The van der Waals surface area contributed by atoms with Crippen LogP contribution in [0.4, 0.5) is 8.78 Å². The summed E-state index contributed by atoms with van der Waals surface area (Å²) < 4.78 is 36.1. The molecule has 22 heavy (non-hydrogen) atoms. The Bertz CT molecular complexity index is 658. The van der Waals surface area contributed by atoms with E-state index in [0.717, 1.165) is 18.6 Å². The Labute approximate surface area is 126 Å². The number of amides is 1. The van der Waals surface area contributed by atoms with Gasteiger partial charge < -0.3 is 14.2 Å². The number of carbonyl (C=O) groups excluding carboxylic acids is 1. The lowest BCUT2D eigenvalue weighted by molar-refractivity contribution is 0.0784. The van der Waals surface area contributed by atoms with Crippen LogP contribution in [0.15, 0.2) is 28.8 Å². The first-order valence-electron chi connectivity index (χ1n) is 6.80. The van der Waals surface area contributed by atoms with Crippen LogP contribution >= 0.6 is 0 Å². The van der Waals surface area contributed by atoms with Crippen LogP contribution in [0.1, 0.15) is 29.6 Å². The number of hydrogen-bond donors (Lipinski definition) is 0. The topological polar surface area (TPSA) is 55.6 Å². The Morgan fingerprint density at radius 3 is 2.77 bits per heavy atom. The molecule has 0 N–H and O–H groups in total. The van der Waals surface area contributed by atoms with Gasteiger partial charge in [-0.05, 0) is 18.6 Å². The third-order valence-electron chi connectivity index (χ3n) is 2.96. The number of rotatable bonds is 6. The zero-order valence-corrected chi connectivity index (χ0v) is 12.3. The molecule has 0 saturated heterocycles.